The van der Waals surface area contributed by atoms with Crippen LogP contribution in [0.1, 0.15) is 43.6 Å². The van der Waals surface area contributed by atoms with Crippen molar-refractivity contribution in [1.29, 1.82) is 0 Å². The summed E-state index contributed by atoms with van der Waals surface area (Å²) in [7, 11) is 0. The van der Waals surface area contributed by atoms with E-state index < -0.39 is 29.6 Å². The van der Waals surface area contributed by atoms with Crippen LogP contribution in [0.15, 0.2) is 54.6 Å². The van der Waals surface area contributed by atoms with Crippen LogP contribution in [0.4, 0.5) is 4.79 Å². The van der Waals surface area contributed by atoms with Gasteiger partial charge in [0, 0.05) is 11.1 Å². The Kier molecular flexibility index (Phi) is 7.36. The molecular formula is C22H26N2O5. The molecule has 154 valence electrons. The van der Waals surface area contributed by atoms with E-state index in [-0.39, 0.29) is 6.61 Å². The van der Waals surface area contributed by atoms with Gasteiger partial charge in [0.05, 0.1) is 5.56 Å². The van der Waals surface area contributed by atoms with Crippen molar-refractivity contribution in [2.75, 3.05) is 0 Å². The lowest BCUT2D eigenvalue weighted by atomic mass is 10.1. The quantitative estimate of drug-likeness (QED) is 0.727. The van der Waals surface area contributed by atoms with E-state index in [1.165, 1.54) is 6.92 Å². The van der Waals surface area contributed by atoms with Gasteiger partial charge in [-0.25, -0.2) is 9.59 Å². The molecule has 3 amide bonds. The number of para-hydroxylation sites is 1. The Balaban J connectivity index is 1.97. The van der Waals surface area contributed by atoms with Crippen molar-refractivity contribution in [3.05, 3.63) is 65.7 Å². The lowest BCUT2D eigenvalue weighted by Crippen LogP contribution is -2.50. The Bertz CT molecular complexity index is 859. The third-order valence-corrected chi connectivity index (χ3v) is 3.75. The third kappa shape index (κ3) is 7.29. The summed E-state index contributed by atoms with van der Waals surface area (Å²) in [5.74, 6) is -0.706. The molecule has 2 aromatic carbocycles. The average molecular weight is 398 g/mol. The summed E-state index contributed by atoms with van der Waals surface area (Å²) < 4.78 is 10.9. The molecule has 0 bridgehead atoms. The number of urea groups is 1. The molecule has 7 nitrogen and oxygen atoms in total. The summed E-state index contributed by atoms with van der Waals surface area (Å²) in [6.07, 6.45) is -1.14. The zero-order valence-electron chi connectivity index (χ0n) is 17.0. The summed E-state index contributed by atoms with van der Waals surface area (Å²) in [6, 6.07) is 15.4. The Morgan fingerprint density at radius 3 is 2.24 bits per heavy atom. The van der Waals surface area contributed by atoms with Crippen molar-refractivity contribution in [2.24, 2.45) is 0 Å². The minimum Gasteiger partial charge on any atom is -0.489 e. The number of hydrogen-bond donors (Lipinski definition) is 2. The molecule has 0 unspecified atom stereocenters. The number of imide groups is 1. The lowest BCUT2D eigenvalue weighted by Gasteiger charge is -2.21. The van der Waals surface area contributed by atoms with Crippen LogP contribution in [0, 0.1) is 0 Å². The van der Waals surface area contributed by atoms with E-state index in [2.05, 4.69) is 10.6 Å². The Labute approximate surface area is 170 Å². The molecule has 0 aromatic heterocycles. The average Bonchev–Trinajstić information content (AvgIpc) is 2.65. The van der Waals surface area contributed by atoms with Crippen LogP contribution in [0.5, 0.6) is 5.75 Å². The van der Waals surface area contributed by atoms with Crippen LogP contribution < -0.4 is 15.4 Å². The van der Waals surface area contributed by atoms with E-state index in [9.17, 15) is 14.4 Å². The normalized spacial score (nSPS) is 11.9. The summed E-state index contributed by atoms with van der Waals surface area (Å²) in [5, 5.41) is 4.77. The highest BCUT2D eigenvalue weighted by Crippen LogP contribution is 2.16. The monoisotopic (exact) mass is 398 g/mol. The zero-order chi connectivity index (χ0) is 21.4. The Hall–Kier alpha value is -3.35. The molecule has 0 aliphatic carbocycles. The number of rotatable bonds is 6. The molecule has 0 aliphatic rings. The van der Waals surface area contributed by atoms with Gasteiger partial charge in [0.1, 0.15) is 12.4 Å². The standard InChI is InChI=1S/C22H26N2O5/c1-15(19(25)23-21(27)24-22(2,3)4)29-20(26)18-13-9-8-10-16(18)14-28-17-11-6-5-7-12-17/h5-13,15H,14H2,1-4H3,(H2,23,24,25,27)/t15-/m1/s1. The molecule has 2 aromatic rings. The van der Waals surface area contributed by atoms with E-state index in [0.29, 0.717) is 16.9 Å². The van der Waals surface area contributed by atoms with E-state index in [1.54, 1.807) is 45.0 Å². The molecule has 2 N–H and O–H groups in total. The van der Waals surface area contributed by atoms with Crippen molar-refractivity contribution in [3.8, 4) is 5.75 Å². The van der Waals surface area contributed by atoms with Gasteiger partial charge in [-0.2, -0.15) is 0 Å². The maximum atomic E-state index is 12.5. The first-order valence-corrected chi connectivity index (χ1v) is 9.25. The molecular weight excluding hydrogens is 372 g/mol. The fourth-order valence-electron chi connectivity index (χ4n) is 2.39. The van der Waals surface area contributed by atoms with Crippen LogP contribution in [-0.4, -0.2) is 29.6 Å². The molecule has 7 heteroatoms. The van der Waals surface area contributed by atoms with Gasteiger partial charge in [0.2, 0.25) is 0 Å². The van der Waals surface area contributed by atoms with E-state index in [1.807, 2.05) is 30.3 Å². The van der Waals surface area contributed by atoms with Gasteiger partial charge in [0.25, 0.3) is 5.91 Å². The molecule has 0 saturated heterocycles. The second-order valence-electron chi connectivity index (χ2n) is 7.50. The fourth-order valence-corrected chi connectivity index (χ4v) is 2.39. The highest BCUT2D eigenvalue weighted by molar-refractivity contribution is 5.99. The molecule has 0 fully saturated rings. The van der Waals surface area contributed by atoms with Gasteiger partial charge in [-0.3, -0.25) is 10.1 Å². The predicted octanol–water partition coefficient (Wildman–Crippen LogP) is 3.44. The molecule has 1 atom stereocenters. The largest absolute Gasteiger partial charge is 0.489 e. The molecule has 0 saturated carbocycles. The van der Waals surface area contributed by atoms with Crippen LogP contribution in [0.25, 0.3) is 0 Å². The zero-order valence-corrected chi connectivity index (χ0v) is 17.0. The first-order valence-electron chi connectivity index (χ1n) is 9.25. The van der Waals surface area contributed by atoms with Crippen molar-refractivity contribution in [2.45, 2.75) is 45.9 Å². The second kappa shape index (κ2) is 9.73. The summed E-state index contributed by atoms with van der Waals surface area (Å²) in [6.45, 7) is 6.93. The highest BCUT2D eigenvalue weighted by Gasteiger charge is 2.23. The predicted molar refractivity (Wildman–Crippen MR) is 109 cm³/mol. The third-order valence-electron chi connectivity index (χ3n) is 3.75. The fraction of sp³-hybridized carbons (Fsp3) is 0.318. The van der Waals surface area contributed by atoms with E-state index in [0.717, 1.165) is 0 Å². The molecule has 0 spiro atoms. The maximum absolute atomic E-state index is 12.5. The number of hydrogen-bond acceptors (Lipinski definition) is 5. The van der Waals surface area contributed by atoms with Crippen molar-refractivity contribution < 1.29 is 23.9 Å². The summed E-state index contributed by atoms with van der Waals surface area (Å²) in [5.41, 5.74) is 0.420. The Morgan fingerprint density at radius 2 is 1.59 bits per heavy atom. The number of amides is 3. The molecule has 2 rings (SSSR count). The first kappa shape index (κ1) is 21.9. The molecule has 0 aliphatic heterocycles. The van der Waals surface area contributed by atoms with Gasteiger partial charge in [-0.15, -0.1) is 0 Å². The van der Waals surface area contributed by atoms with Crippen LogP contribution >= 0.6 is 0 Å². The number of carbonyl (C=O) groups is 3. The van der Waals surface area contributed by atoms with E-state index in [4.69, 9.17) is 9.47 Å². The van der Waals surface area contributed by atoms with Crippen LogP contribution in [0.3, 0.4) is 0 Å². The van der Waals surface area contributed by atoms with Crippen molar-refractivity contribution in [1.82, 2.24) is 10.6 Å². The topological polar surface area (TPSA) is 93.7 Å². The Morgan fingerprint density at radius 1 is 0.966 bits per heavy atom. The molecule has 0 radical (unpaired) electrons. The summed E-state index contributed by atoms with van der Waals surface area (Å²) >= 11 is 0. The highest BCUT2D eigenvalue weighted by atomic mass is 16.5. The maximum Gasteiger partial charge on any atom is 0.339 e. The summed E-state index contributed by atoms with van der Waals surface area (Å²) in [4.78, 5) is 36.5. The van der Waals surface area contributed by atoms with Crippen LogP contribution in [0.2, 0.25) is 0 Å². The van der Waals surface area contributed by atoms with E-state index >= 15 is 0 Å². The second-order valence-corrected chi connectivity index (χ2v) is 7.50. The first-order chi connectivity index (χ1) is 13.7. The van der Waals surface area contributed by atoms with Gasteiger partial charge < -0.3 is 14.8 Å². The molecule has 29 heavy (non-hydrogen) atoms. The lowest BCUT2D eigenvalue weighted by molar-refractivity contribution is -0.127. The number of carbonyl (C=O) groups excluding carboxylic acids is 3. The molecule has 0 heterocycles. The smallest absolute Gasteiger partial charge is 0.339 e. The number of benzene rings is 2. The van der Waals surface area contributed by atoms with Gasteiger partial charge >= 0.3 is 12.0 Å². The van der Waals surface area contributed by atoms with Crippen molar-refractivity contribution >= 4 is 17.9 Å². The number of ether oxygens (including phenoxy) is 2. The minimum atomic E-state index is -1.14. The van der Waals surface area contributed by atoms with Gasteiger partial charge in [-0.1, -0.05) is 36.4 Å². The minimum absolute atomic E-state index is 0.170. The number of nitrogens with one attached hydrogen (secondary N) is 2. The van der Waals surface area contributed by atoms with Crippen LogP contribution in [-0.2, 0) is 16.1 Å². The SMILES string of the molecule is C[C@@H](OC(=O)c1ccccc1COc1ccccc1)C(=O)NC(=O)NC(C)(C)C. The van der Waals surface area contributed by atoms with Crippen molar-refractivity contribution in [3.63, 3.8) is 0 Å². The van der Waals surface area contributed by atoms with Gasteiger partial charge in [0.15, 0.2) is 6.10 Å². The number of esters is 1. The van der Waals surface area contributed by atoms with Gasteiger partial charge in [-0.05, 0) is 45.9 Å².